The summed E-state index contributed by atoms with van der Waals surface area (Å²) in [7, 11) is -6.03. The van der Waals surface area contributed by atoms with Gasteiger partial charge < -0.3 is 9.16 Å². The molecule has 1 aliphatic rings. The summed E-state index contributed by atoms with van der Waals surface area (Å²) in [5.74, 6) is -0.416. The molecule has 2 heterocycles. The number of ether oxygens (including phenoxy) is 1. The van der Waals surface area contributed by atoms with Crippen LogP contribution < -0.4 is 4.72 Å². The number of halogens is 1. The molecule has 0 radical (unpaired) electrons. The highest BCUT2D eigenvalue weighted by Gasteiger charge is 2.57. The summed E-state index contributed by atoms with van der Waals surface area (Å²) in [6.45, 7) is 16.3. The monoisotopic (exact) mass is 625 g/mol. The van der Waals surface area contributed by atoms with Gasteiger partial charge in [0.1, 0.15) is 16.2 Å². The molecule has 1 saturated heterocycles. The molecule has 2 aromatic carbocycles. The molecule has 7 nitrogen and oxygen atoms in total. The third-order valence-electron chi connectivity index (χ3n) is 9.09. The van der Waals surface area contributed by atoms with Crippen LogP contribution in [0.4, 0.5) is 4.39 Å². The number of aromatic nitrogens is 1. The fourth-order valence-corrected chi connectivity index (χ4v) is 7.47. The number of sulfonamides is 1. The number of benzene rings is 2. The maximum absolute atomic E-state index is 15.0. The predicted octanol–water partition coefficient (Wildman–Crippen LogP) is 7.43. The van der Waals surface area contributed by atoms with Crippen LogP contribution in [0.3, 0.4) is 0 Å². The molecule has 1 N–H and O–H groups in total. The Labute approximate surface area is 257 Å². The number of aliphatic imine (C=N–C) groups is 1. The van der Waals surface area contributed by atoms with Crippen LogP contribution in [0.15, 0.2) is 77.9 Å². The number of nitrogens with zero attached hydrogens (tertiary/aromatic N) is 2. The first-order valence-electron chi connectivity index (χ1n) is 14.6. The molecule has 0 bridgehead atoms. The van der Waals surface area contributed by atoms with Crippen LogP contribution >= 0.6 is 0 Å². The Morgan fingerprint density at radius 3 is 2.26 bits per heavy atom. The molecule has 0 amide bonds. The number of hydrogen-bond donors (Lipinski definition) is 1. The molecule has 0 aliphatic carbocycles. The van der Waals surface area contributed by atoms with Gasteiger partial charge in [-0.15, -0.1) is 0 Å². The second-order valence-electron chi connectivity index (χ2n) is 13.4. The van der Waals surface area contributed by atoms with E-state index in [9.17, 15) is 12.8 Å². The summed E-state index contributed by atoms with van der Waals surface area (Å²) in [5, 5.41) is 0.0156. The normalized spacial score (nSPS) is 21.6. The van der Waals surface area contributed by atoms with E-state index >= 15 is 0 Å². The highest BCUT2D eigenvalue weighted by molar-refractivity contribution is 7.91. The van der Waals surface area contributed by atoms with Crippen LogP contribution in [0.1, 0.15) is 65.1 Å². The van der Waals surface area contributed by atoms with E-state index in [-0.39, 0.29) is 17.5 Å². The zero-order chi connectivity index (χ0) is 31.7. The Morgan fingerprint density at radius 1 is 1.02 bits per heavy atom. The average Bonchev–Trinajstić information content (AvgIpc) is 2.92. The van der Waals surface area contributed by atoms with Crippen molar-refractivity contribution in [2.45, 2.75) is 88.9 Å². The second-order valence-corrected chi connectivity index (χ2v) is 20.3. The maximum atomic E-state index is 15.0. The van der Waals surface area contributed by atoms with E-state index in [1.165, 1.54) is 6.07 Å². The summed E-state index contributed by atoms with van der Waals surface area (Å²) in [5.41, 5.74) is 1.83. The number of pyridine rings is 1. The van der Waals surface area contributed by atoms with Crippen molar-refractivity contribution < 1.29 is 22.0 Å². The van der Waals surface area contributed by atoms with Crippen LogP contribution in [0, 0.1) is 5.82 Å². The molecule has 3 aromatic rings. The van der Waals surface area contributed by atoms with E-state index in [0.717, 1.165) is 16.8 Å². The summed E-state index contributed by atoms with van der Waals surface area (Å²) >= 11 is 0. The molecule has 2 unspecified atom stereocenters. The van der Waals surface area contributed by atoms with Gasteiger partial charge in [-0.05, 0) is 75.5 Å². The number of nitrogens with one attached hydrogen (secondary N) is 1. The molecule has 1 aliphatic heterocycles. The molecule has 232 valence electrons. The smallest absolute Gasteiger partial charge is 0.299 e. The molecule has 4 rings (SSSR count). The van der Waals surface area contributed by atoms with Crippen molar-refractivity contribution in [2.75, 3.05) is 6.61 Å². The summed E-state index contributed by atoms with van der Waals surface area (Å²) in [6, 6.07) is 19.0. The molecule has 10 heteroatoms. The van der Waals surface area contributed by atoms with Crippen LogP contribution in [0.5, 0.6) is 0 Å². The molecule has 1 fully saturated rings. The third-order valence-corrected chi connectivity index (χ3v) is 15.9. The lowest BCUT2D eigenvalue weighted by atomic mass is 9.85. The first kappa shape index (κ1) is 32.8. The molecule has 1 aromatic heterocycles. The van der Waals surface area contributed by atoms with E-state index in [2.05, 4.69) is 48.6 Å². The van der Waals surface area contributed by atoms with Crippen LogP contribution in [0.2, 0.25) is 18.1 Å². The summed E-state index contributed by atoms with van der Waals surface area (Å²) in [4.78, 5) is 9.04. The minimum Gasteiger partial charge on any atom is -0.457 e. The summed E-state index contributed by atoms with van der Waals surface area (Å²) in [6.07, 6.45) is 2.31. The Morgan fingerprint density at radius 2 is 1.67 bits per heavy atom. The van der Waals surface area contributed by atoms with Gasteiger partial charge in [0.2, 0.25) is 10.0 Å². The molecule has 2 atom stereocenters. The summed E-state index contributed by atoms with van der Waals surface area (Å²) < 4.78 is 56.6. The molecule has 43 heavy (non-hydrogen) atoms. The quantitative estimate of drug-likeness (QED) is 0.250. The Bertz CT molecular complexity index is 1550. The van der Waals surface area contributed by atoms with Crippen LogP contribution in [0.25, 0.3) is 11.3 Å². The van der Waals surface area contributed by atoms with E-state index in [1.807, 2.05) is 42.5 Å². The SMILES string of the molecule is CC1(C)OC(=NC(CCO[Si](C)(C)C(C)(C)C)c2ccccc2F)NS(=O)(=O)C1(C)Cc1ccc(-c2ccccn2)cc1. The Kier molecular flexibility index (Phi) is 9.26. The van der Waals surface area contributed by atoms with Gasteiger partial charge >= 0.3 is 0 Å². The van der Waals surface area contributed by atoms with Gasteiger partial charge in [-0.2, -0.15) is 0 Å². The third kappa shape index (κ3) is 7.02. The van der Waals surface area contributed by atoms with E-state index < -0.39 is 40.5 Å². The van der Waals surface area contributed by atoms with Crippen molar-refractivity contribution >= 4 is 24.4 Å². The van der Waals surface area contributed by atoms with Gasteiger partial charge in [-0.3, -0.25) is 4.98 Å². The molecular weight excluding hydrogens is 582 g/mol. The number of rotatable bonds is 9. The van der Waals surface area contributed by atoms with Crippen molar-refractivity contribution in [3.63, 3.8) is 0 Å². The Balaban J connectivity index is 1.59. The molecule has 0 saturated carbocycles. The van der Waals surface area contributed by atoms with Gasteiger partial charge in [0, 0.05) is 23.9 Å². The second kappa shape index (κ2) is 12.1. The van der Waals surface area contributed by atoms with Crippen molar-refractivity contribution in [2.24, 2.45) is 4.99 Å². The first-order valence-corrected chi connectivity index (χ1v) is 19.0. The standard InChI is InChI=1S/C33H44FN3O4SSi/c1-31(2,3)43(7,8)40-22-20-29(26-13-9-10-14-27(26)34)36-30-37-42(38,39)33(6,32(4,5)41-30)23-24-16-18-25(19-17-24)28-15-11-12-21-35-28/h9-19,21,29H,20,22-23H2,1-8H3,(H,36,37). The fourth-order valence-electron chi connectivity index (χ4n) is 4.82. The van der Waals surface area contributed by atoms with Gasteiger partial charge in [-0.25, -0.2) is 22.5 Å². The molecular formula is C33H44FN3O4SSi. The van der Waals surface area contributed by atoms with Gasteiger partial charge in [0.05, 0.1) is 11.7 Å². The average molecular weight is 626 g/mol. The highest BCUT2D eigenvalue weighted by Crippen LogP contribution is 2.40. The van der Waals surface area contributed by atoms with E-state index in [4.69, 9.17) is 9.16 Å². The lowest BCUT2D eigenvalue weighted by Crippen LogP contribution is -2.66. The highest BCUT2D eigenvalue weighted by atomic mass is 32.2. The topological polar surface area (TPSA) is 89.9 Å². The van der Waals surface area contributed by atoms with Crippen LogP contribution in [-0.2, 0) is 25.6 Å². The van der Waals surface area contributed by atoms with Crippen molar-refractivity contribution in [3.8, 4) is 11.3 Å². The van der Waals surface area contributed by atoms with E-state index in [0.29, 0.717) is 18.6 Å². The van der Waals surface area contributed by atoms with Gasteiger partial charge in [0.25, 0.3) is 6.02 Å². The lowest BCUT2D eigenvalue weighted by molar-refractivity contribution is 0.0394. The van der Waals surface area contributed by atoms with Crippen LogP contribution in [-0.4, -0.2) is 44.7 Å². The van der Waals surface area contributed by atoms with Crippen molar-refractivity contribution in [1.29, 1.82) is 0 Å². The minimum absolute atomic E-state index is 0.0156. The van der Waals surface area contributed by atoms with Gasteiger partial charge in [-0.1, -0.05) is 69.3 Å². The zero-order valence-corrected chi connectivity index (χ0v) is 28.3. The van der Waals surface area contributed by atoms with Crippen molar-refractivity contribution in [3.05, 3.63) is 89.9 Å². The fraction of sp³-hybridized carbons (Fsp3) is 0.455. The van der Waals surface area contributed by atoms with Gasteiger partial charge in [0.15, 0.2) is 8.32 Å². The molecule has 0 spiro atoms. The minimum atomic E-state index is -3.98. The first-order chi connectivity index (χ1) is 20.0. The maximum Gasteiger partial charge on any atom is 0.299 e. The van der Waals surface area contributed by atoms with E-state index in [1.54, 1.807) is 45.2 Å². The number of hydrogen-bond acceptors (Lipinski definition) is 6. The predicted molar refractivity (Wildman–Crippen MR) is 173 cm³/mol. The Hall–Kier alpha value is -3.08. The van der Waals surface area contributed by atoms with Crippen molar-refractivity contribution in [1.82, 2.24) is 9.71 Å². The zero-order valence-electron chi connectivity index (χ0n) is 26.4. The largest absolute Gasteiger partial charge is 0.457 e. The lowest BCUT2D eigenvalue weighted by Gasteiger charge is -2.47. The number of amidine groups is 1.